The first-order valence-corrected chi connectivity index (χ1v) is 5.20. The van der Waals surface area contributed by atoms with E-state index in [1.807, 2.05) is 12.1 Å². The molecule has 0 spiro atoms. The van der Waals surface area contributed by atoms with E-state index in [4.69, 9.17) is 11.6 Å². The third kappa shape index (κ3) is 3.60. The van der Waals surface area contributed by atoms with Crippen LogP contribution in [0.15, 0.2) is 24.3 Å². The maximum Gasteiger partial charge on any atom is 0.0726 e. The molecule has 1 rings (SSSR count). The Bertz CT molecular complexity index is 225. The molecule has 0 unspecified atom stereocenters. The van der Waals surface area contributed by atoms with Crippen LogP contribution in [0.25, 0.3) is 0 Å². The van der Waals surface area contributed by atoms with Crippen LogP contribution in [0.3, 0.4) is 0 Å². The van der Waals surface area contributed by atoms with Crippen molar-refractivity contribution in [2.24, 2.45) is 0 Å². The molecule has 0 aromatic heterocycles. The molecule has 0 saturated heterocycles. The fourth-order valence-electron chi connectivity index (χ4n) is 0.780. The molecular weight excluding hydrogens is 286 g/mol. The van der Waals surface area contributed by atoms with Gasteiger partial charge in [-0.15, -0.1) is 11.6 Å². The average Bonchev–Trinajstić information content (AvgIpc) is 2.09. The molecule has 0 heterocycles. The lowest BCUT2D eigenvalue weighted by Crippen LogP contribution is -2.20. The summed E-state index contributed by atoms with van der Waals surface area (Å²) in [7, 11) is 0. The van der Waals surface area contributed by atoms with Crippen LogP contribution in [-0.4, -0.2) is 12.7 Å². The normalized spacial score (nSPS) is 9.83. The number of alkyl halides is 1. The Morgan fingerprint density at radius 3 is 2.50 bits per heavy atom. The van der Waals surface area contributed by atoms with Gasteiger partial charge in [0.1, 0.15) is 0 Å². The van der Waals surface area contributed by atoms with Crippen LogP contribution in [0.4, 0.5) is 5.69 Å². The van der Waals surface area contributed by atoms with Crippen molar-refractivity contribution in [3.05, 3.63) is 27.8 Å². The maximum absolute atomic E-state index is 5.44. The van der Waals surface area contributed by atoms with Gasteiger partial charge >= 0.3 is 0 Å². The molecule has 0 fully saturated rings. The monoisotopic (exact) mass is 296 g/mol. The Balaban J connectivity index is 2.37. The van der Waals surface area contributed by atoms with Gasteiger partial charge in [-0.1, -0.05) is 0 Å². The van der Waals surface area contributed by atoms with E-state index in [1.54, 1.807) is 0 Å². The second kappa shape index (κ2) is 5.61. The second-order valence-corrected chi connectivity index (χ2v) is 3.76. The summed E-state index contributed by atoms with van der Waals surface area (Å²) >= 11 is 7.72. The number of anilines is 1. The highest BCUT2D eigenvalue weighted by Gasteiger charge is 1.89. The molecule has 66 valence electrons. The number of nitrogens with one attached hydrogen (secondary N) is 2. The second-order valence-electron chi connectivity index (χ2n) is 2.24. The minimum absolute atomic E-state index is 0.470. The van der Waals surface area contributed by atoms with Crippen LogP contribution in [0, 0.1) is 3.57 Å². The topological polar surface area (TPSA) is 24.1 Å². The largest absolute Gasteiger partial charge is 0.372 e. The van der Waals surface area contributed by atoms with Crippen LogP contribution < -0.4 is 10.6 Å². The first-order chi connectivity index (χ1) is 5.83. The van der Waals surface area contributed by atoms with E-state index < -0.39 is 0 Å². The van der Waals surface area contributed by atoms with Gasteiger partial charge in [0.2, 0.25) is 0 Å². The number of hydrogen-bond donors (Lipinski definition) is 2. The lowest BCUT2D eigenvalue weighted by molar-refractivity contribution is 0.845. The molecule has 0 saturated carbocycles. The molecule has 2 N–H and O–H groups in total. The van der Waals surface area contributed by atoms with E-state index in [1.165, 1.54) is 3.57 Å². The summed E-state index contributed by atoms with van der Waals surface area (Å²) < 4.78 is 1.24. The van der Waals surface area contributed by atoms with Crippen molar-refractivity contribution in [2.75, 3.05) is 18.0 Å². The lowest BCUT2D eigenvalue weighted by atomic mass is 10.3. The Morgan fingerprint density at radius 2 is 1.92 bits per heavy atom. The van der Waals surface area contributed by atoms with Crippen LogP contribution in [-0.2, 0) is 0 Å². The number of hydrogen-bond acceptors (Lipinski definition) is 2. The fourth-order valence-corrected chi connectivity index (χ4v) is 1.23. The van der Waals surface area contributed by atoms with E-state index in [0.717, 1.165) is 5.69 Å². The zero-order valence-electron chi connectivity index (χ0n) is 6.48. The van der Waals surface area contributed by atoms with Crippen LogP contribution in [0.5, 0.6) is 0 Å². The van der Waals surface area contributed by atoms with Gasteiger partial charge in [-0.25, -0.2) is 0 Å². The molecule has 0 aliphatic rings. The van der Waals surface area contributed by atoms with Gasteiger partial charge in [-0.05, 0) is 46.9 Å². The van der Waals surface area contributed by atoms with Gasteiger partial charge in [0.05, 0.1) is 12.7 Å². The van der Waals surface area contributed by atoms with Crippen molar-refractivity contribution in [2.45, 2.75) is 0 Å². The van der Waals surface area contributed by atoms with E-state index in [-0.39, 0.29) is 0 Å². The van der Waals surface area contributed by atoms with Gasteiger partial charge in [-0.3, -0.25) is 5.32 Å². The van der Waals surface area contributed by atoms with Gasteiger partial charge in [0.25, 0.3) is 0 Å². The Kier molecular flexibility index (Phi) is 4.72. The Labute approximate surface area is 90.8 Å². The number of halogens is 2. The van der Waals surface area contributed by atoms with Crippen molar-refractivity contribution < 1.29 is 0 Å². The Hall–Kier alpha value is -0.000000000000000111. The quantitative estimate of drug-likeness (QED) is 0.293. The van der Waals surface area contributed by atoms with Gasteiger partial charge in [0, 0.05) is 9.26 Å². The fraction of sp³-hybridized carbons (Fsp3) is 0.250. The molecule has 0 radical (unpaired) electrons. The molecule has 4 heteroatoms. The summed E-state index contributed by atoms with van der Waals surface area (Å²) in [4.78, 5) is 0. The summed E-state index contributed by atoms with van der Waals surface area (Å²) in [5, 5.41) is 6.14. The average molecular weight is 297 g/mol. The number of rotatable bonds is 4. The smallest absolute Gasteiger partial charge is 0.0726 e. The molecule has 0 atom stereocenters. The predicted molar refractivity (Wildman–Crippen MR) is 61.5 cm³/mol. The highest BCUT2D eigenvalue weighted by Crippen LogP contribution is 2.10. The molecule has 1 aromatic rings. The minimum atomic E-state index is 0.470. The standard InChI is InChI=1S/C8H10ClIN2/c9-5-11-6-12-8-3-1-7(10)2-4-8/h1-4,11-12H,5-6H2. The summed E-state index contributed by atoms with van der Waals surface area (Å²) in [6, 6.07) is 8.67. The number of benzene rings is 1. The highest BCUT2D eigenvalue weighted by molar-refractivity contribution is 14.1. The molecule has 12 heavy (non-hydrogen) atoms. The van der Waals surface area contributed by atoms with Crippen LogP contribution in [0.1, 0.15) is 0 Å². The molecule has 0 aliphatic carbocycles. The lowest BCUT2D eigenvalue weighted by Gasteiger charge is -2.05. The van der Waals surface area contributed by atoms with Crippen molar-refractivity contribution in [3.63, 3.8) is 0 Å². The highest BCUT2D eigenvalue weighted by atomic mass is 127. The first kappa shape index (κ1) is 10.1. The van der Waals surface area contributed by atoms with E-state index in [2.05, 4.69) is 45.4 Å². The third-order valence-electron chi connectivity index (χ3n) is 1.36. The SMILES string of the molecule is ClCNCNc1ccc(I)cc1. The van der Waals surface area contributed by atoms with Crippen molar-refractivity contribution in [1.29, 1.82) is 0 Å². The van der Waals surface area contributed by atoms with Crippen molar-refractivity contribution in [1.82, 2.24) is 5.32 Å². The van der Waals surface area contributed by atoms with Crippen molar-refractivity contribution >= 4 is 39.9 Å². The molecule has 0 amide bonds. The van der Waals surface area contributed by atoms with Gasteiger partial charge in [0.15, 0.2) is 0 Å². The maximum atomic E-state index is 5.44. The predicted octanol–water partition coefficient (Wildman–Crippen LogP) is 2.45. The molecular formula is C8H10ClIN2. The van der Waals surface area contributed by atoms with E-state index >= 15 is 0 Å². The van der Waals surface area contributed by atoms with Gasteiger partial charge in [-0.2, -0.15) is 0 Å². The summed E-state index contributed by atoms with van der Waals surface area (Å²) in [5.74, 6) is 0. The molecule has 0 aliphatic heterocycles. The minimum Gasteiger partial charge on any atom is -0.372 e. The molecule has 1 aromatic carbocycles. The van der Waals surface area contributed by atoms with Crippen LogP contribution in [0.2, 0.25) is 0 Å². The van der Waals surface area contributed by atoms with E-state index in [0.29, 0.717) is 12.7 Å². The zero-order chi connectivity index (χ0) is 8.81. The van der Waals surface area contributed by atoms with E-state index in [9.17, 15) is 0 Å². The molecule has 2 nitrogen and oxygen atoms in total. The first-order valence-electron chi connectivity index (χ1n) is 3.59. The third-order valence-corrected chi connectivity index (χ3v) is 2.26. The summed E-state index contributed by atoms with van der Waals surface area (Å²) in [6.45, 7) is 0.699. The molecule has 0 bridgehead atoms. The summed E-state index contributed by atoms with van der Waals surface area (Å²) in [5.41, 5.74) is 1.10. The Morgan fingerprint density at radius 1 is 1.25 bits per heavy atom. The van der Waals surface area contributed by atoms with Crippen LogP contribution >= 0.6 is 34.2 Å². The van der Waals surface area contributed by atoms with Gasteiger partial charge < -0.3 is 5.32 Å². The summed E-state index contributed by atoms with van der Waals surface area (Å²) in [6.07, 6.45) is 0. The van der Waals surface area contributed by atoms with Crippen molar-refractivity contribution in [3.8, 4) is 0 Å². The zero-order valence-corrected chi connectivity index (χ0v) is 9.39.